The van der Waals surface area contributed by atoms with Crippen molar-refractivity contribution in [2.24, 2.45) is 0 Å². The van der Waals surface area contributed by atoms with Crippen molar-refractivity contribution in [2.75, 3.05) is 12.4 Å². The summed E-state index contributed by atoms with van der Waals surface area (Å²) in [5.74, 6) is 0.292. The molecule has 1 atom stereocenters. The SMILES string of the molecule is COc1cc([C@H]2CC(=O)Nc3nc(SCc4ccccc4Cl)[nH]c(=O)c32)ccc1O. The number of carbonyl (C=O) groups is 1. The molecule has 4 rings (SSSR count). The summed E-state index contributed by atoms with van der Waals surface area (Å²) >= 11 is 7.51. The van der Waals surface area contributed by atoms with E-state index in [0.29, 0.717) is 27.1 Å². The molecule has 0 saturated carbocycles. The largest absolute Gasteiger partial charge is 0.504 e. The number of nitrogens with one attached hydrogen (secondary N) is 2. The van der Waals surface area contributed by atoms with Crippen molar-refractivity contribution in [3.05, 3.63) is 74.5 Å². The van der Waals surface area contributed by atoms with Gasteiger partial charge < -0.3 is 20.1 Å². The van der Waals surface area contributed by atoms with Crippen molar-refractivity contribution >= 4 is 35.1 Å². The van der Waals surface area contributed by atoms with Crippen molar-refractivity contribution in [1.82, 2.24) is 9.97 Å². The zero-order valence-corrected chi connectivity index (χ0v) is 17.5. The standard InChI is InChI=1S/C21H18ClN3O4S/c1-29-16-8-11(6-7-15(16)26)13-9-17(27)23-19-18(13)20(28)25-21(24-19)30-10-12-4-2-3-5-14(12)22/h2-8,13,26H,9-10H2,1H3,(H2,23,24,25,27,28)/t13-/m1/s1. The smallest absolute Gasteiger partial charge is 0.257 e. The monoisotopic (exact) mass is 443 g/mol. The van der Waals surface area contributed by atoms with Crippen molar-refractivity contribution in [2.45, 2.75) is 23.2 Å². The second-order valence-electron chi connectivity index (χ2n) is 6.75. The van der Waals surface area contributed by atoms with Crippen LogP contribution >= 0.6 is 23.4 Å². The number of hydrogen-bond donors (Lipinski definition) is 3. The number of methoxy groups -OCH3 is 1. The molecule has 3 aromatic rings. The van der Waals surface area contributed by atoms with Crippen LogP contribution in [-0.2, 0) is 10.5 Å². The molecule has 0 saturated heterocycles. The van der Waals surface area contributed by atoms with E-state index in [2.05, 4.69) is 15.3 Å². The van der Waals surface area contributed by atoms with Crippen LogP contribution in [0.4, 0.5) is 5.82 Å². The molecule has 0 fully saturated rings. The van der Waals surface area contributed by atoms with Gasteiger partial charge in [-0.3, -0.25) is 9.59 Å². The van der Waals surface area contributed by atoms with Gasteiger partial charge in [0.25, 0.3) is 5.56 Å². The van der Waals surface area contributed by atoms with Crippen LogP contribution in [0.2, 0.25) is 5.02 Å². The van der Waals surface area contributed by atoms with E-state index in [9.17, 15) is 14.7 Å². The lowest BCUT2D eigenvalue weighted by atomic mass is 9.86. The average molecular weight is 444 g/mol. The van der Waals surface area contributed by atoms with Crippen LogP contribution in [-0.4, -0.2) is 28.1 Å². The van der Waals surface area contributed by atoms with Crippen LogP contribution in [0.3, 0.4) is 0 Å². The Balaban J connectivity index is 1.68. The lowest BCUT2D eigenvalue weighted by Gasteiger charge is -2.25. The number of hydrogen-bond acceptors (Lipinski definition) is 6. The lowest BCUT2D eigenvalue weighted by Crippen LogP contribution is -2.31. The number of phenols is 1. The fourth-order valence-corrected chi connectivity index (χ4v) is 4.52. The number of carbonyl (C=O) groups excluding carboxylic acids is 1. The first-order valence-corrected chi connectivity index (χ1v) is 10.5. The van der Waals surface area contributed by atoms with Crippen LogP contribution in [0.25, 0.3) is 0 Å². The van der Waals surface area contributed by atoms with Crippen LogP contribution in [0.15, 0.2) is 52.4 Å². The van der Waals surface area contributed by atoms with E-state index in [1.807, 2.05) is 18.2 Å². The first-order chi connectivity index (χ1) is 14.5. The van der Waals surface area contributed by atoms with Gasteiger partial charge in [0, 0.05) is 23.1 Å². The van der Waals surface area contributed by atoms with Gasteiger partial charge in [-0.2, -0.15) is 0 Å². The Bertz CT molecular complexity index is 1180. The van der Waals surface area contributed by atoms with E-state index in [1.54, 1.807) is 18.2 Å². The highest BCUT2D eigenvalue weighted by Crippen LogP contribution is 2.38. The highest BCUT2D eigenvalue weighted by molar-refractivity contribution is 7.98. The number of halogens is 1. The summed E-state index contributed by atoms with van der Waals surface area (Å²) < 4.78 is 5.16. The molecule has 2 heterocycles. The number of rotatable bonds is 5. The van der Waals surface area contributed by atoms with Gasteiger partial charge in [-0.1, -0.05) is 47.6 Å². The van der Waals surface area contributed by atoms with Crippen LogP contribution in [0, 0.1) is 0 Å². The summed E-state index contributed by atoms with van der Waals surface area (Å²) in [6, 6.07) is 12.2. The maximum atomic E-state index is 12.9. The summed E-state index contributed by atoms with van der Waals surface area (Å²) in [4.78, 5) is 32.5. The summed E-state index contributed by atoms with van der Waals surface area (Å²) in [6.07, 6.45) is 0.0950. The number of aromatic hydroxyl groups is 1. The number of aromatic nitrogens is 2. The fraction of sp³-hybridized carbons (Fsp3) is 0.190. The number of amides is 1. The molecule has 2 aromatic carbocycles. The third-order valence-corrected chi connectivity index (χ3v) is 6.15. The predicted octanol–water partition coefficient (Wildman–Crippen LogP) is 3.90. The van der Waals surface area contributed by atoms with Crippen LogP contribution in [0.1, 0.15) is 29.0 Å². The van der Waals surface area contributed by atoms with Gasteiger partial charge in [-0.15, -0.1) is 0 Å². The first kappa shape index (κ1) is 20.3. The minimum atomic E-state index is -0.498. The molecule has 30 heavy (non-hydrogen) atoms. The number of thioether (sulfide) groups is 1. The van der Waals surface area contributed by atoms with Crippen molar-refractivity contribution in [3.8, 4) is 11.5 Å². The Labute approximate surface area is 181 Å². The van der Waals surface area contributed by atoms with E-state index >= 15 is 0 Å². The molecule has 0 aliphatic carbocycles. The summed E-state index contributed by atoms with van der Waals surface area (Å²) in [6.45, 7) is 0. The third kappa shape index (κ3) is 4.01. The molecular formula is C21H18ClN3O4S. The number of aromatic amines is 1. The minimum absolute atomic E-state index is 0.0138. The van der Waals surface area contributed by atoms with Crippen molar-refractivity contribution < 1.29 is 14.6 Å². The maximum absolute atomic E-state index is 12.9. The van der Waals surface area contributed by atoms with Gasteiger partial charge in [0.05, 0.1) is 12.7 Å². The highest BCUT2D eigenvalue weighted by Gasteiger charge is 2.31. The van der Waals surface area contributed by atoms with E-state index < -0.39 is 5.92 Å². The Morgan fingerprint density at radius 3 is 2.83 bits per heavy atom. The number of H-pyrrole nitrogens is 1. The average Bonchev–Trinajstić information content (AvgIpc) is 2.72. The second-order valence-corrected chi connectivity index (χ2v) is 8.12. The highest BCUT2D eigenvalue weighted by atomic mass is 35.5. The molecule has 154 valence electrons. The van der Waals surface area contributed by atoms with Gasteiger partial charge in [0.15, 0.2) is 16.7 Å². The van der Waals surface area contributed by atoms with Crippen molar-refractivity contribution in [3.63, 3.8) is 0 Å². The first-order valence-electron chi connectivity index (χ1n) is 9.13. The molecular weight excluding hydrogens is 426 g/mol. The molecule has 1 amide bonds. The zero-order valence-electron chi connectivity index (χ0n) is 15.9. The molecule has 7 nitrogen and oxygen atoms in total. The molecule has 3 N–H and O–H groups in total. The lowest BCUT2D eigenvalue weighted by molar-refractivity contribution is -0.116. The number of nitrogens with zero attached hydrogens (tertiary/aromatic N) is 1. The number of anilines is 1. The van der Waals surface area contributed by atoms with Crippen LogP contribution in [0.5, 0.6) is 11.5 Å². The summed E-state index contributed by atoms with van der Waals surface area (Å²) in [5, 5.41) is 13.6. The maximum Gasteiger partial charge on any atom is 0.257 e. The van der Waals surface area contributed by atoms with Gasteiger partial charge in [-0.05, 0) is 29.3 Å². The Morgan fingerprint density at radius 2 is 2.07 bits per heavy atom. The second kappa shape index (κ2) is 8.41. The van der Waals surface area contributed by atoms with Gasteiger partial charge in [0.1, 0.15) is 5.82 Å². The third-order valence-electron chi connectivity index (χ3n) is 4.86. The molecule has 0 unspecified atom stereocenters. The quantitative estimate of drug-likeness (QED) is 0.408. The normalized spacial score (nSPS) is 15.4. The number of ether oxygens (including phenoxy) is 1. The number of phenolic OH excluding ortho intramolecular Hbond substituents is 1. The number of fused-ring (bicyclic) bond motifs is 1. The Hall–Kier alpha value is -2.97. The van der Waals surface area contributed by atoms with Crippen LogP contribution < -0.4 is 15.6 Å². The van der Waals surface area contributed by atoms with E-state index in [0.717, 1.165) is 5.56 Å². The van der Waals surface area contributed by atoms with Crippen molar-refractivity contribution in [1.29, 1.82) is 0 Å². The minimum Gasteiger partial charge on any atom is -0.504 e. The van der Waals surface area contributed by atoms with Gasteiger partial charge in [0.2, 0.25) is 5.91 Å². The molecule has 0 spiro atoms. The predicted molar refractivity (Wildman–Crippen MR) is 116 cm³/mol. The topological polar surface area (TPSA) is 104 Å². The van der Waals surface area contributed by atoms with E-state index in [4.69, 9.17) is 16.3 Å². The van der Waals surface area contributed by atoms with E-state index in [1.165, 1.54) is 24.9 Å². The molecule has 0 bridgehead atoms. The molecule has 1 aliphatic rings. The Morgan fingerprint density at radius 1 is 1.27 bits per heavy atom. The summed E-state index contributed by atoms with van der Waals surface area (Å²) in [7, 11) is 1.44. The Kier molecular flexibility index (Phi) is 5.69. The molecule has 0 radical (unpaired) electrons. The van der Waals surface area contributed by atoms with Gasteiger partial charge in [-0.25, -0.2) is 4.98 Å². The zero-order chi connectivity index (χ0) is 21.3. The fourth-order valence-electron chi connectivity index (χ4n) is 3.38. The molecule has 9 heteroatoms. The summed E-state index contributed by atoms with van der Waals surface area (Å²) in [5.41, 5.74) is 1.66. The molecule has 1 aromatic heterocycles. The number of benzene rings is 2. The van der Waals surface area contributed by atoms with Gasteiger partial charge >= 0.3 is 0 Å². The van der Waals surface area contributed by atoms with E-state index in [-0.39, 0.29) is 35.2 Å². The molecule has 1 aliphatic heterocycles.